The highest BCUT2D eigenvalue weighted by Crippen LogP contribution is 2.30. The molecule has 0 radical (unpaired) electrons. The molecule has 0 spiro atoms. The van der Waals surface area contributed by atoms with E-state index >= 15 is 0 Å². The number of oxazole rings is 1. The maximum atomic E-state index is 12.5. The zero-order chi connectivity index (χ0) is 20.3. The number of nitrogens with zero attached hydrogens (tertiary/aromatic N) is 1. The van der Waals surface area contributed by atoms with E-state index in [1.807, 2.05) is 31.2 Å². The zero-order valence-corrected chi connectivity index (χ0v) is 17.7. The van der Waals surface area contributed by atoms with Gasteiger partial charge in [0.1, 0.15) is 17.3 Å². The van der Waals surface area contributed by atoms with Crippen molar-refractivity contribution in [1.29, 1.82) is 0 Å². The number of Topliss-reactive ketones (excluding diaryl/α,β-unsaturated/α-hetero) is 1. The Morgan fingerprint density at radius 2 is 1.75 bits per heavy atom. The summed E-state index contributed by atoms with van der Waals surface area (Å²) in [6.45, 7) is 5.93. The van der Waals surface area contributed by atoms with E-state index in [4.69, 9.17) is 4.42 Å². The molecule has 1 aliphatic carbocycles. The van der Waals surface area contributed by atoms with Gasteiger partial charge in [0.2, 0.25) is 5.89 Å². The first-order valence-corrected chi connectivity index (χ1v) is 11.8. The Bertz CT molecular complexity index is 920. The van der Waals surface area contributed by atoms with Crippen LogP contribution < -0.4 is 0 Å². The van der Waals surface area contributed by atoms with Crippen molar-refractivity contribution in [2.24, 2.45) is 11.8 Å². The molecular formula is C22H29NO4S. The van der Waals surface area contributed by atoms with E-state index in [1.165, 1.54) is 0 Å². The predicted molar refractivity (Wildman–Crippen MR) is 110 cm³/mol. The molecule has 1 saturated carbocycles. The van der Waals surface area contributed by atoms with Crippen molar-refractivity contribution < 1.29 is 17.6 Å². The van der Waals surface area contributed by atoms with Crippen LogP contribution in [0.4, 0.5) is 0 Å². The molecule has 1 heterocycles. The zero-order valence-electron chi connectivity index (χ0n) is 16.9. The van der Waals surface area contributed by atoms with Crippen molar-refractivity contribution in [1.82, 2.24) is 4.98 Å². The summed E-state index contributed by atoms with van der Waals surface area (Å²) in [5.74, 6) is 1.08. The summed E-state index contributed by atoms with van der Waals surface area (Å²) in [6.07, 6.45) is 4.68. The molecule has 1 aliphatic rings. The van der Waals surface area contributed by atoms with Crippen molar-refractivity contribution in [3.05, 3.63) is 41.3 Å². The summed E-state index contributed by atoms with van der Waals surface area (Å²) in [6, 6.07) is 7.70. The summed E-state index contributed by atoms with van der Waals surface area (Å²) < 4.78 is 30.8. The Morgan fingerprint density at radius 3 is 2.39 bits per heavy atom. The Balaban J connectivity index is 1.62. The highest BCUT2D eigenvalue weighted by Gasteiger charge is 2.25. The number of carbonyl (C=O) groups is 1. The van der Waals surface area contributed by atoms with Crippen LogP contribution in [0.15, 0.2) is 28.7 Å². The Labute approximate surface area is 167 Å². The minimum Gasteiger partial charge on any atom is -0.441 e. The van der Waals surface area contributed by atoms with Gasteiger partial charge in [0.25, 0.3) is 0 Å². The molecule has 0 saturated heterocycles. The number of aryl methyl sites for hydroxylation is 2. The largest absolute Gasteiger partial charge is 0.441 e. The molecule has 1 aromatic carbocycles. The topological polar surface area (TPSA) is 77.2 Å². The lowest BCUT2D eigenvalue weighted by Gasteiger charge is -2.25. The van der Waals surface area contributed by atoms with Crippen LogP contribution in [0.2, 0.25) is 0 Å². The highest BCUT2D eigenvalue weighted by molar-refractivity contribution is 7.91. The number of aromatic nitrogens is 1. The molecular weight excluding hydrogens is 374 g/mol. The molecule has 0 amide bonds. The average Bonchev–Trinajstić information content (AvgIpc) is 2.97. The van der Waals surface area contributed by atoms with Crippen LogP contribution in [0.1, 0.15) is 56.0 Å². The molecule has 6 heteroatoms. The highest BCUT2D eigenvalue weighted by atomic mass is 32.2. The van der Waals surface area contributed by atoms with Gasteiger partial charge in [-0.3, -0.25) is 4.79 Å². The number of rotatable bonds is 7. The first-order chi connectivity index (χ1) is 13.2. The first-order valence-electron chi connectivity index (χ1n) is 9.97. The number of sulfone groups is 1. The smallest absolute Gasteiger partial charge is 0.226 e. The van der Waals surface area contributed by atoms with Gasteiger partial charge in [0.15, 0.2) is 9.84 Å². The molecule has 2 aromatic rings. The summed E-state index contributed by atoms with van der Waals surface area (Å²) in [5.41, 5.74) is 2.32. The van der Waals surface area contributed by atoms with Crippen LogP contribution in [0.3, 0.4) is 0 Å². The Hall–Kier alpha value is -1.95. The van der Waals surface area contributed by atoms with Crippen molar-refractivity contribution in [2.75, 3.05) is 5.75 Å². The molecule has 28 heavy (non-hydrogen) atoms. The number of hydrogen-bond donors (Lipinski definition) is 0. The van der Waals surface area contributed by atoms with E-state index in [0.717, 1.165) is 36.8 Å². The quantitative estimate of drug-likeness (QED) is 0.672. The van der Waals surface area contributed by atoms with Gasteiger partial charge in [0, 0.05) is 12.0 Å². The van der Waals surface area contributed by atoms with Crippen LogP contribution in [0.25, 0.3) is 11.5 Å². The molecule has 0 atom stereocenters. The number of carbonyl (C=O) groups excluding carboxylic acids is 1. The lowest BCUT2D eigenvalue weighted by molar-refractivity contribution is -0.117. The molecule has 0 aliphatic heterocycles. The minimum absolute atomic E-state index is 0.181. The molecule has 5 nitrogen and oxygen atoms in total. The molecule has 0 N–H and O–H groups in total. The Kier molecular flexibility index (Phi) is 6.38. The number of benzene rings is 1. The van der Waals surface area contributed by atoms with Crippen molar-refractivity contribution in [3.8, 4) is 11.5 Å². The van der Waals surface area contributed by atoms with Crippen LogP contribution in [-0.4, -0.2) is 24.9 Å². The van der Waals surface area contributed by atoms with E-state index in [9.17, 15) is 13.2 Å². The molecule has 0 unspecified atom stereocenters. The van der Waals surface area contributed by atoms with Crippen molar-refractivity contribution in [3.63, 3.8) is 0 Å². The van der Waals surface area contributed by atoms with Crippen molar-refractivity contribution >= 4 is 15.6 Å². The van der Waals surface area contributed by atoms with E-state index < -0.39 is 15.6 Å². The number of hydrogen-bond acceptors (Lipinski definition) is 5. The second-order valence-electron chi connectivity index (χ2n) is 8.29. The van der Waals surface area contributed by atoms with Gasteiger partial charge in [-0.15, -0.1) is 0 Å². The van der Waals surface area contributed by atoms with Gasteiger partial charge in [-0.05, 0) is 50.7 Å². The summed E-state index contributed by atoms with van der Waals surface area (Å²) in [4.78, 5) is 16.7. The Morgan fingerprint density at radius 1 is 1.11 bits per heavy atom. The molecule has 1 aromatic heterocycles. The standard InChI is InChI=1S/C22H29NO4S/c1-15-4-8-18(9-5-15)12-20(24)13-28(25,26)14-21-17(3)27-22(23-21)19-10-6-16(2)7-11-19/h6-7,10-11,15,18H,4-5,8-9,12-14H2,1-3H3. The fourth-order valence-electron chi connectivity index (χ4n) is 3.80. The second-order valence-corrected chi connectivity index (χ2v) is 10.4. The molecule has 1 fully saturated rings. The monoisotopic (exact) mass is 403 g/mol. The normalized spacial score (nSPS) is 20.2. The lowest BCUT2D eigenvalue weighted by Crippen LogP contribution is -2.22. The SMILES string of the molecule is Cc1ccc(-c2nc(CS(=O)(=O)CC(=O)CC3CCC(C)CC3)c(C)o2)cc1. The van der Waals surface area contributed by atoms with Gasteiger partial charge in [-0.1, -0.05) is 37.5 Å². The fourth-order valence-corrected chi connectivity index (χ4v) is 5.20. The van der Waals surface area contributed by atoms with Crippen molar-refractivity contribution in [2.45, 2.75) is 58.6 Å². The molecule has 152 valence electrons. The summed E-state index contributed by atoms with van der Waals surface area (Å²) in [7, 11) is -3.57. The summed E-state index contributed by atoms with van der Waals surface area (Å²) in [5, 5.41) is 0. The lowest BCUT2D eigenvalue weighted by atomic mass is 9.81. The molecule has 0 bridgehead atoms. The third kappa shape index (κ3) is 5.53. The van der Waals surface area contributed by atoms with Gasteiger partial charge >= 0.3 is 0 Å². The first kappa shape index (κ1) is 20.8. The second kappa shape index (κ2) is 8.60. The minimum atomic E-state index is -3.57. The van der Waals surface area contributed by atoms with E-state index in [0.29, 0.717) is 35.6 Å². The maximum Gasteiger partial charge on any atom is 0.226 e. The summed E-state index contributed by atoms with van der Waals surface area (Å²) >= 11 is 0. The van der Waals surface area contributed by atoms with Crippen LogP contribution in [0.5, 0.6) is 0 Å². The van der Waals surface area contributed by atoms with Crippen LogP contribution in [-0.2, 0) is 20.4 Å². The fraction of sp³-hybridized carbons (Fsp3) is 0.545. The van der Waals surface area contributed by atoms with E-state index in [1.54, 1.807) is 6.92 Å². The van der Waals surface area contributed by atoms with E-state index in [2.05, 4.69) is 11.9 Å². The maximum absolute atomic E-state index is 12.5. The molecule has 3 rings (SSSR count). The van der Waals surface area contributed by atoms with Gasteiger partial charge < -0.3 is 4.42 Å². The average molecular weight is 404 g/mol. The predicted octanol–water partition coefficient (Wildman–Crippen LogP) is 4.66. The third-order valence-corrected chi connectivity index (χ3v) is 7.06. The van der Waals surface area contributed by atoms with Crippen LogP contribution in [0, 0.1) is 25.7 Å². The van der Waals surface area contributed by atoms with Gasteiger partial charge in [-0.2, -0.15) is 0 Å². The van der Waals surface area contributed by atoms with Gasteiger partial charge in [0.05, 0.1) is 11.4 Å². The van der Waals surface area contributed by atoms with Crippen LogP contribution >= 0.6 is 0 Å². The third-order valence-electron chi connectivity index (χ3n) is 5.58. The van der Waals surface area contributed by atoms with Gasteiger partial charge in [-0.25, -0.2) is 13.4 Å². The van der Waals surface area contributed by atoms with E-state index in [-0.39, 0.29) is 11.5 Å². The number of ketones is 1.